The summed E-state index contributed by atoms with van der Waals surface area (Å²) in [6.45, 7) is 6.04. The van der Waals surface area contributed by atoms with E-state index in [2.05, 4.69) is 42.3 Å². The summed E-state index contributed by atoms with van der Waals surface area (Å²) in [5.74, 6) is 0.0539. The predicted octanol–water partition coefficient (Wildman–Crippen LogP) is 3.06. The maximum atomic E-state index is 12.7. The van der Waals surface area contributed by atoms with E-state index in [1.807, 2.05) is 29.6 Å². The fourth-order valence-corrected chi connectivity index (χ4v) is 3.81. The van der Waals surface area contributed by atoms with Crippen molar-refractivity contribution in [3.8, 4) is 0 Å². The van der Waals surface area contributed by atoms with Crippen molar-refractivity contribution in [3.05, 3.63) is 58.3 Å². The standard InChI is InChI=1S/C19H24N2O2S/c1-14-13-23-15(2)11-21(14)12-18(22)20-19(17-9-6-10-24-17)16-7-4-3-5-8-16/h3-10,14-15,19H,11-13H2,1-2H3,(H,20,22). The monoisotopic (exact) mass is 344 g/mol. The van der Waals surface area contributed by atoms with Gasteiger partial charge in [-0.2, -0.15) is 0 Å². The Morgan fingerprint density at radius 1 is 1.29 bits per heavy atom. The lowest BCUT2D eigenvalue weighted by Crippen LogP contribution is -2.51. The van der Waals surface area contributed by atoms with E-state index in [-0.39, 0.29) is 24.1 Å². The maximum Gasteiger partial charge on any atom is 0.234 e. The van der Waals surface area contributed by atoms with Crippen molar-refractivity contribution < 1.29 is 9.53 Å². The zero-order valence-electron chi connectivity index (χ0n) is 14.1. The van der Waals surface area contributed by atoms with E-state index in [9.17, 15) is 4.79 Å². The van der Waals surface area contributed by atoms with Crippen LogP contribution in [0.15, 0.2) is 47.8 Å². The second-order valence-corrected chi connectivity index (χ2v) is 7.33. The van der Waals surface area contributed by atoms with Crippen LogP contribution in [0.25, 0.3) is 0 Å². The van der Waals surface area contributed by atoms with Gasteiger partial charge in [-0.25, -0.2) is 0 Å². The van der Waals surface area contributed by atoms with Gasteiger partial charge in [-0.3, -0.25) is 9.69 Å². The first-order valence-electron chi connectivity index (χ1n) is 8.37. The maximum absolute atomic E-state index is 12.7. The highest BCUT2D eigenvalue weighted by molar-refractivity contribution is 7.10. The summed E-state index contributed by atoms with van der Waals surface area (Å²) in [7, 11) is 0. The van der Waals surface area contributed by atoms with E-state index in [1.165, 1.54) is 0 Å². The number of carbonyl (C=O) groups is 1. The third-order valence-corrected chi connectivity index (χ3v) is 5.29. The van der Waals surface area contributed by atoms with Gasteiger partial charge in [0.25, 0.3) is 0 Å². The number of rotatable bonds is 5. The Bertz CT molecular complexity index is 645. The van der Waals surface area contributed by atoms with Crippen molar-refractivity contribution in [2.45, 2.75) is 32.0 Å². The summed E-state index contributed by atoms with van der Waals surface area (Å²) in [5.41, 5.74) is 1.11. The number of carbonyl (C=O) groups excluding carboxylic acids is 1. The molecule has 1 aliphatic heterocycles. The molecule has 1 aliphatic rings. The first kappa shape index (κ1) is 17.1. The molecule has 3 unspecified atom stereocenters. The average molecular weight is 344 g/mol. The Kier molecular flexibility index (Phi) is 5.66. The molecule has 0 aliphatic carbocycles. The van der Waals surface area contributed by atoms with Gasteiger partial charge in [0.05, 0.1) is 25.3 Å². The molecule has 5 heteroatoms. The molecule has 1 aromatic heterocycles. The van der Waals surface area contributed by atoms with E-state index in [4.69, 9.17) is 4.74 Å². The summed E-state index contributed by atoms with van der Waals surface area (Å²) in [4.78, 5) is 16.0. The highest BCUT2D eigenvalue weighted by Gasteiger charge is 2.26. The third-order valence-electron chi connectivity index (χ3n) is 4.35. The Morgan fingerprint density at radius 2 is 2.08 bits per heavy atom. The normalized spacial score (nSPS) is 22.9. The molecule has 128 valence electrons. The first-order chi connectivity index (χ1) is 11.6. The number of amides is 1. The van der Waals surface area contributed by atoms with Gasteiger partial charge in [-0.05, 0) is 30.9 Å². The second-order valence-electron chi connectivity index (χ2n) is 6.35. The number of nitrogens with zero attached hydrogens (tertiary/aromatic N) is 1. The van der Waals surface area contributed by atoms with E-state index in [1.54, 1.807) is 11.3 Å². The molecule has 3 atom stereocenters. The number of nitrogens with one attached hydrogen (secondary N) is 1. The molecule has 1 saturated heterocycles. The van der Waals surface area contributed by atoms with Crippen molar-refractivity contribution >= 4 is 17.2 Å². The third kappa shape index (κ3) is 4.23. The molecule has 2 heterocycles. The van der Waals surface area contributed by atoms with Crippen molar-refractivity contribution in [3.63, 3.8) is 0 Å². The van der Waals surface area contributed by atoms with E-state index in [0.717, 1.165) is 17.0 Å². The number of hydrogen-bond acceptors (Lipinski definition) is 4. The molecule has 1 amide bonds. The zero-order chi connectivity index (χ0) is 16.9. The van der Waals surface area contributed by atoms with Crippen LogP contribution in [0.4, 0.5) is 0 Å². The van der Waals surface area contributed by atoms with Crippen LogP contribution in [0, 0.1) is 0 Å². The first-order valence-corrected chi connectivity index (χ1v) is 9.25. The Labute approximate surface area is 147 Å². The summed E-state index contributed by atoms with van der Waals surface area (Å²) in [5, 5.41) is 5.25. The van der Waals surface area contributed by atoms with Gasteiger partial charge in [-0.1, -0.05) is 36.4 Å². The Hall–Kier alpha value is -1.69. The van der Waals surface area contributed by atoms with Gasteiger partial charge in [0.15, 0.2) is 0 Å². The summed E-state index contributed by atoms with van der Waals surface area (Å²) >= 11 is 1.67. The van der Waals surface area contributed by atoms with Crippen LogP contribution >= 0.6 is 11.3 Å². The Morgan fingerprint density at radius 3 is 2.79 bits per heavy atom. The van der Waals surface area contributed by atoms with Crippen molar-refractivity contribution in [2.75, 3.05) is 19.7 Å². The summed E-state index contributed by atoms with van der Waals surface area (Å²) in [6, 6.07) is 14.4. The SMILES string of the molecule is CC1CN(CC(=O)NC(c2ccccc2)c2cccs2)C(C)CO1. The molecule has 0 saturated carbocycles. The fourth-order valence-electron chi connectivity index (χ4n) is 3.00. The molecular weight excluding hydrogens is 320 g/mol. The lowest BCUT2D eigenvalue weighted by Gasteiger charge is -2.36. The molecule has 4 nitrogen and oxygen atoms in total. The van der Waals surface area contributed by atoms with Crippen LogP contribution in [0.3, 0.4) is 0 Å². The van der Waals surface area contributed by atoms with Crippen molar-refractivity contribution in [2.24, 2.45) is 0 Å². The van der Waals surface area contributed by atoms with Crippen molar-refractivity contribution in [1.29, 1.82) is 0 Å². The van der Waals surface area contributed by atoms with Gasteiger partial charge < -0.3 is 10.1 Å². The fraction of sp³-hybridized carbons (Fsp3) is 0.421. The second kappa shape index (κ2) is 7.92. The largest absolute Gasteiger partial charge is 0.376 e. The average Bonchev–Trinajstić information content (AvgIpc) is 3.11. The van der Waals surface area contributed by atoms with E-state index < -0.39 is 0 Å². The molecule has 3 rings (SSSR count). The quantitative estimate of drug-likeness (QED) is 0.906. The topological polar surface area (TPSA) is 41.6 Å². The molecule has 1 N–H and O–H groups in total. The number of thiophene rings is 1. The zero-order valence-corrected chi connectivity index (χ0v) is 15.0. The molecule has 0 bridgehead atoms. The summed E-state index contributed by atoms with van der Waals surface area (Å²) in [6.07, 6.45) is 0.177. The molecule has 1 fully saturated rings. The Balaban J connectivity index is 1.70. The minimum atomic E-state index is -0.0903. The van der Waals surface area contributed by atoms with Crippen molar-refractivity contribution in [1.82, 2.24) is 10.2 Å². The summed E-state index contributed by atoms with van der Waals surface area (Å²) < 4.78 is 5.64. The van der Waals surface area contributed by atoms with Gasteiger partial charge in [0.2, 0.25) is 5.91 Å². The molecular formula is C19H24N2O2S. The number of morpholine rings is 1. The van der Waals surface area contributed by atoms with Crippen LogP contribution in [-0.4, -0.2) is 42.6 Å². The number of hydrogen-bond donors (Lipinski definition) is 1. The molecule has 1 aromatic carbocycles. The van der Waals surface area contributed by atoms with Crippen LogP contribution in [0.5, 0.6) is 0 Å². The highest BCUT2D eigenvalue weighted by Crippen LogP contribution is 2.26. The molecule has 0 radical (unpaired) electrons. The molecule has 0 spiro atoms. The van der Waals surface area contributed by atoms with Gasteiger partial charge in [-0.15, -0.1) is 11.3 Å². The van der Waals surface area contributed by atoms with Crippen LogP contribution in [0.2, 0.25) is 0 Å². The van der Waals surface area contributed by atoms with Gasteiger partial charge in [0, 0.05) is 17.5 Å². The predicted molar refractivity (Wildman–Crippen MR) is 97.2 cm³/mol. The van der Waals surface area contributed by atoms with E-state index >= 15 is 0 Å². The minimum Gasteiger partial charge on any atom is -0.376 e. The number of ether oxygens (including phenoxy) is 1. The molecule has 2 aromatic rings. The minimum absolute atomic E-state index is 0.0539. The highest BCUT2D eigenvalue weighted by atomic mass is 32.1. The van der Waals surface area contributed by atoms with Gasteiger partial charge >= 0.3 is 0 Å². The molecule has 24 heavy (non-hydrogen) atoms. The lowest BCUT2D eigenvalue weighted by atomic mass is 10.1. The van der Waals surface area contributed by atoms with Gasteiger partial charge in [0.1, 0.15) is 0 Å². The smallest absolute Gasteiger partial charge is 0.234 e. The van der Waals surface area contributed by atoms with Crippen LogP contribution in [0.1, 0.15) is 30.3 Å². The van der Waals surface area contributed by atoms with Crippen LogP contribution in [-0.2, 0) is 9.53 Å². The number of benzene rings is 1. The van der Waals surface area contributed by atoms with E-state index in [0.29, 0.717) is 13.2 Å². The van der Waals surface area contributed by atoms with Crippen LogP contribution < -0.4 is 5.32 Å². The lowest BCUT2D eigenvalue weighted by molar-refractivity contribution is -0.126.